The first-order valence-corrected chi connectivity index (χ1v) is 8.59. The van der Waals surface area contributed by atoms with Crippen molar-refractivity contribution in [1.82, 2.24) is 9.78 Å². The molecule has 1 atom stereocenters. The molecular weight excluding hydrogens is 371 g/mol. The summed E-state index contributed by atoms with van der Waals surface area (Å²) < 4.78 is 14.6. The molecule has 1 aromatic heterocycles. The molecule has 0 spiro atoms. The second-order valence-electron chi connectivity index (χ2n) is 6.13. The van der Waals surface area contributed by atoms with Crippen LogP contribution in [0.5, 0.6) is 0 Å². The molecule has 1 aliphatic rings. The smallest absolute Gasteiger partial charge is 0.249 e. The summed E-state index contributed by atoms with van der Waals surface area (Å²) in [5.41, 5.74) is 1.80. The van der Waals surface area contributed by atoms with Crippen LogP contribution in [0.2, 0.25) is 5.02 Å². The number of nitrogens with zero attached hydrogens (tertiary/aromatic N) is 2. The van der Waals surface area contributed by atoms with E-state index in [4.69, 9.17) is 11.6 Å². The number of anilines is 2. The average Bonchev–Trinajstić information content (AvgIpc) is 3.07. The maximum atomic E-state index is 13.1. The number of amides is 2. The molecule has 2 N–H and O–H groups in total. The molecule has 4 rings (SSSR count). The van der Waals surface area contributed by atoms with Crippen LogP contribution in [-0.2, 0) is 9.59 Å². The molecule has 2 amide bonds. The zero-order valence-corrected chi connectivity index (χ0v) is 14.7. The molecule has 6 nitrogen and oxygen atoms in total. The zero-order valence-electron chi connectivity index (χ0n) is 13.9. The van der Waals surface area contributed by atoms with Gasteiger partial charge < -0.3 is 10.6 Å². The summed E-state index contributed by atoms with van der Waals surface area (Å²) in [4.78, 5) is 24.7. The topological polar surface area (TPSA) is 76.0 Å². The van der Waals surface area contributed by atoms with Crippen LogP contribution < -0.4 is 10.6 Å². The maximum Gasteiger partial charge on any atom is 0.249 e. The summed E-state index contributed by atoms with van der Waals surface area (Å²) in [6, 6.07) is 13.4. The van der Waals surface area contributed by atoms with Gasteiger partial charge in [-0.2, -0.15) is 5.10 Å². The molecular formula is C19H14ClFN4O2. The number of halogens is 2. The predicted octanol–water partition coefficient (Wildman–Crippen LogP) is 3.86. The fourth-order valence-corrected chi connectivity index (χ4v) is 3.03. The van der Waals surface area contributed by atoms with Crippen molar-refractivity contribution in [1.29, 1.82) is 0 Å². The molecule has 8 heteroatoms. The van der Waals surface area contributed by atoms with Crippen LogP contribution in [0.15, 0.2) is 54.6 Å². The van der Waals surface area contributed by atoms with E-state index in [0.717, 1.165) is 0 Å². The normalized spacial score (nSPS) is 15.8. The number of hydrogen-bond donors (Lipinski definition) is 2. The Balaban J connectivity index is 1.63. The Hall–Kier alpha value is -3.19. The minimum atomic E-state index is -0.793. The summed E-state index contributed by atoms with van der Waals surface area (Å²) in [6.07, 6.45) is -0.0308. The van der Waals surface area contributed by atoms with E-state index in [-0.39, 0.29) is 24.1 Å². The Morgan fingerprint density at radius 2 is 1.89 bits per heavy atom. The highest BCUT2D eigenvalue weighted by Gasteiger charge is 2.32. The van der Waals surface area contributed by atoms with Crippen LogP contribution in [0.4, 0.5) is 15.9 Å². The summed E-state index contributed by atoms with van der Waals surface area (Å²) in [6.45, 7) is 0. The van der Waals surface area contributed by atoms with Crippen molar-refractivity contribution in [2.45, 2.75) is 12.5 Å². The maximum absolute atomic E-state index is 13.1. The number of carbonyl (C=O) groups is 2. The highest BCUT2D eigenvalue weighted by atomic mass is 35.5. The quantitative estimate of drug-likeness (QED) is 0.719. The second kappa shape index (κ2) is 6.85. The van der Waals surface area contributed by atoms with Gasteiger partial charge in [0.25, 0.3) is 0 Å². The Labute approximate surface area is 158 Å². The summed E-state index contributed by atoms with van der Waals surface area (Å²) in [5, 5.41) is 10.5. The third kappa shape index (κ3) is 3.54. The lowest BCUT2D eigenvalue weighted by Crippen LogP contribution is -2.35. The fraction of sp³-hybridized carbons (Fsp3) is 0.105. The molecule has 1 aliphatic heterocycles. The van der Waals surface area contributed by atoms with Crippen molar-refractivity contribution in [3.05, 3.63) is 65.4 Å². The highest BCUT2D eigenvalue weighted by Crippen LogP contribution is 2.30. The Morgan fingerprint density at radius 1 is 1.19 bits per heavy atom. The standard InChI is InChI=1S/C19H14ClFN4O2/c20-12-3-7-14(8-4-12)22-19(27)16-10-18(26)23-17-9-15(24-25(16)17)11-1-5-13(21)6-2-11/h1-9,16H,10H2,(H,22,27)(H,23,26)/t16-/m0/s1. The number of fused-ring (bicyclic) bond motifs is 1. The van der Waals surface area contributed by atoms with Crippen LogP contribution in [0.25, 0.3) is 11.3 Å². The monoisotopic (exact) mass is 384 g/mol. The van der Waals surface area contributed by atoms with Gasteiger partial charge in [0.1, 0.15) is 17.7 Å². The molecule has 0 radical (unpaired) electrons. The average molecular weight is 385 g/mol. The van der Waals surface area contributed by atoms with E-state index in [1.165, 1.54) is 16.8 Å². The third-order valence-electron chi connectivity index (χ3n) is 4.23. The lowest BCUT2D eigenvalue weighted by atomic mass is 10.1. The zero-order chi connectivity index (χ0) is 19.0. The molecule has 0 saturated heterocycles. The van der Waals surface area contributed by atoms with Crippen LogP contribution in [0.1, 0.15) is 12.5 Å². The highest BCUT2D eigenvalue weighted by molar-refractivity contribution is 6.30. The Kier molecular flexibility index (Phi) is 4.37. The van der Waals surface area contributed by atoms with E-state index in [1.54, 1.807) is 42.5 Å². The van der Waals surface area contributed by atoms with E-state index in [0.29, 0.717) is 27.8 Å². The number of carbonyl (C=O) groups excluding carboxylic acids is 2. The number of aromatic nitrogens is 2. The molecule has 0 bridgehead atoms. The predicted molar refractivity (Wildman–Crippen MR) is 100.0 cm³/mol. The minimum Gasteiger partial charge on any atom is -0.324 e. The van der Waals surface area contributed by atoms with Gasteiger partial charge in [0.05, 0.1) is 12.1 Å². The van der Waals surface area contributed by atoms with Crippen LogP contribution >= 0.6 is 11.6 Å². The molecule has 0 fully saturated rings. The van der Waals surface area contributed by atoms with Crippen LogP contribution in [0.3, 0.4) is 0 Å². The van der Waals surface area contributed by atoms with Gasteiger partial charge >= 0.3 is 0 Å². The van der Waals surface area contributed by atoms with Crippen molar-refractivity contribution in [3.8, 4) is 11.3 Å². The lowest BCUT2D eigenvalue weighted by Gasteiger charge is -2.23. The van der Waals surface area contributed by atoms with E-state index in [2.05, 4.69) is 15.7 Å². The minimum absolute atomic E-state index is 0.0308. The van der Waals surface area contributed by atoms with E-state index >= 15 is 0 Å². The second-order valence-corrected chi connectivity index (χ2v) is 6.57. The SMILES string of the molecule is O=C1C[C@@H](C(=O)Nc2ccc(Cl)cc2)n2nc(-c3ccc(F)cc3)cc2N1. The molecule has 0 aliphatic carbocycles. The third-order valence-corrected chi connectivity index (χ3v) is 4.48. The van der Waals surface area contributed by atoms with Gasteiger partial charge in [-0.25, -0.2) is 9.07 Å². The first kappa shape index (κ1) is 17.2. The fourth-order valence-electron chi connectivity index (χ4n) is 2.91. The number of benzene rings is 2. The van der Waals surface area contributed by atoms with E-state index in [1.807, 2.05) is 0 Å². The molecule has 27 heavy (non-hydrogen) atoms. The van der Waals surface area contributed by atoms with Gasteiger partial charge in [-0.15, -0.1) is 0 Å². The summed E-state index contributed by atoms with van der Waals surface area (Å²) in [5.74, 6) is -0.565. The molecule has 0 unspecified atom stereocenters. The largest absolute Gasteiger partial charge is 0.324 e. The van der Waals surface area contributed by atoms with Gasteiger partial charge in [0, 0.05) is 22.3 Å². The Morgan fingerprint density at radius 3 is 2.59 bits per heavy atom. The van der Waals surface area contributed by atoms with E-state index in [9.17, 15) is 14.0 Å². The Bertz CT molecular complexity index is 1020. The van der Waals surface area contributed by atoms with Crippen molar-refractivity contribution < 1.29 is 14.0 Å². The van der Waals surface area contributed by atoms with Crippen molar-refractivity contribution >= 4 is 34.9 Å². The van der Waals surface area contributed by atoms with Crippen molar-refractivity contribution in [2.75, 3.05) is 10.6 Å². The van der Waals surface area contributed by atoms with E-state index < -0.39 is 6.04 Å². The number of hydrogen-bond acceptors (Lipinski definition) is 3. The van der Waals surface area contributed by atoms with Crippen molar-refractivity contribution in [2.24, 2.45) is 0 Å². The number of nitrogens with one attached hydrogen (secondary N) is 2. The first-order chi connectivity index (χ1) is 13.0. The summed E-state index contributed by atoms with van der Waals surface area (Å²) >= 11 is 5.85. The van der Waals surface area contributed by atoms with Crippen LogP contribution in [0, 0.1) is 5.82 Å². The molecule has 0 saturated carbocycles. The first-order valence-electron chi connectivity index (χ1n) is 8.21. The summed E-state index contributed by atoms with van der Waals surface area (Å²) in [7, 11) is 0. The van der Waals surface area contributed by atoms with Gasteiger partial charge in [0.2, 0.25) is 11.8 Å². The van der Waals surface area contributed by atoms with Gasteiger partial charge in [-0.1, -0.05) is 11.6 Å². The van der Waals surface area contributed by atoms with Crippen LogP contribution in [-0.4, -0.2) is 21.6 Å². The molecule has 3 aromatic rings. The van der Waals surface area contributed by atoms with Crippen molar-refractivity contribution in [3.63, 3.8) is 0 Å². The van der Waals surface area contributed by atoms with Gasteiger partial charge in [0.15, 0.2) is 0 Å². The molecule has 2 heterocycles. The number of rotatable bonds is 3. The molecule has 136 valence electrons. The van der Waals surface area contributed by atoms with Gasteiger partial charge in [-0.3, -0.25) is 9.59 Å². The molecule has 2 aromatic carbocycles. The lowest BCUT2D eigenvalue weighted by molar-refractivity contribution is -0.125. The van der Waals surface area contributed by atoms with Gasteiger partial charge in [-0.05, 0) is 48.5 Å².